The van der Waals surface area contributed by atoms with Gasteiger partial charge in [-0.25, -0.2) is 13.4 Å². The van der Waals surface area contributed by atoms with Crippen LogP contribution in [-0.2, 0) is 33.0 Å². The fourth-order valence-corrected chi connectivity index (χ4v) is 6.30. The van der Waals surface area contributed by atoms with Crippen molar-refractivity contribution in [2.45, 2.75) is 64.5 Å². The molecule has 1 atom stereocenters. The molecular weight excluding hydrogens is 378 g/mol. The van der Waals surface area contributed by atoms with Crippen molar-refractivity contribution >= 4 is 15.7 Å². The predicted octanol–water partition coefficient (Wildman–Crippen LogP) is 1.76. The lowest BCUT2D eigenvalue weighted by atomic mass is 9.93. The molecular formula is C20H31N3O4S. The van der Waals surface area contributed by atoms with Gasteiger partial charge in [0.05, 0.1) is 18.1 Å². The zero-order valence-corrected chi connectivity index (χ0v) is 17.9. The van der Waals surface area contributed by atoms with Crippen molar-refractivity contribution in [2.24, 2.45) is 5.92 Å². The largest absolute Gasteiger partial charge is 0.445 e. The Morgan fingerprint density at radius 1 is 1.14 bits per heavy atom. The summed E-state index contributed by atoms with van der Waals surface area (Å²) < 4.78 is 29.4. The number of aromatic nitrogens is 1. The van der Waals surface area contributed by atoms with Gasteiger partial charge < -0.3 is 9.32 Å². The van der Waals surface area contributed by atoms with Crippen LogP contribution in [0, 0.1) is 5.92 Å². The van der Waals surface area contributed by atoms with E-state index in [0.717, 1.165) is 56.1 Å². The van der Waals surface area contributed by atoms with Crippen molar-refractivity contribution < 1.29 is 17.6 Å². The van der Waals surface area contributed by atoms with Crippen molar-refractivity contribution in [2.75, 3.05) is 31.1 Å². The fraction of sp³-hybridized carbons (Fsp3) is 0.800. The van der Waals surface area contributed by atoms with Crippen LogP contribution in [0.4, 0.5) is 0 Å². The van der Waals surface area contributed by atoms with Crippen LogP contribution in [0.2, 0.25) is 0 Å². The first-order valence-electron chi connectivity index (χ1n) is 10.3. The van der Waals surface area contributed by atoms with E-state index in [9.17, 15) is 13.2 Å². The molecule has 1 aromatic heterocycles. The van der Waals surface area contributed by atoms with E-state index >= 15 is 0 Å². The lowest BCUT2D eigenvalue weighted by molar-refractivity contribution is -0.138. The maximum atomic E-state index is 13.1. The third-order valence-electron chi connectivity index (χ3n) is 6.28. The van der Waals surface area contributed by atoms with E-state index in [1.807, 2.05) is 4.90 Å². The number of likely N-dealkylation sites (tertiary alicyclic amines) is 1. The van der Waals surface area contributed by atoms with Crippen LogP contribution in [0.1, 0.15) is 57.4 Å². The summed E-state index contributed by atoms with van der Waals surface area (Å²) in [5.74, 6) is 2.50. The van der Waals surface area contributed by atoms with E-state index in [1.54, 1.807) is 0 Å². The van der Waals surface area contributed by atoms with Crippen LogP contribution in [0.25, 0.3) is 0 Å². The summed E-state index contributed by atoms with van der Waals surface area (Å²) >= 11 is 0. The molecule has 2 saturated heterocycles. The summed E-state index contributed by atoms with van der Waals surface area (Å²) in [4.78, 5) is 21.9. The second-order valence-corrected chi connectivity index (χ2v) is 11.7. The summed E-state index contributed by atoms with van der Waals surface area (Å²) in [6.07, 6.45) is 3.08. The smallest absolute Gasteiger partial charge is 0.226 e. The van der Waals surface area contributed by atoms with E-state index in [2.05, 4.69) is 30.7 Å². The molecule has 1 aromatic rings. The number of oxazole rings is 1. The molecule has 3 aliphatic heterocycles. The number of hydrogen-bond donors (Lipinski definition) is 0. The monoisotopic (exact) mass is 409 g/mol. The Morgan fingerprint density at radius 3 is 2.46 bits per heavy atom. The maximum absolute atomic E-state index is 13.1. The van der Waals surface area contributed by atoms with Crippen molar-refractivity contribution in [3.8, 4) is 0 Å². The highest BCUT2D eigenvalue weighted by atomic mass is 32.2. The van der Waals surface area contributed by atoms with Gasteiger partial charge in [0.25, 0.3) is 0 Å². The van der Waals surface area contributed by atoms with Gasteiger partial charge in [0.2, 0.25) is 5.91 Å². The molecule has 0 aromatic carbocycles. The van der Waals surface area contributed by atoms with E-state index in [1.165, 1.54) is 0 Å². The van der Waals surface area contributed by atoms with Gasteiger partial charge in [-0.15, -0.1) is 0 Å². The highest BCUT2D eigenvalue weighted by Gasteiger charge is 2.37. The number of nitrogens with zero attached hydrogens (tertiary/aromatic N) is 3. The third kappa shape index (κ3) is 3.99. The number of amides is 1. The van der Waals surface area contributed by atoms with Gasteiger partial charge in [0, 0.05) is 30.3 Å². The molecule has 1 unspecified atom stereocenters. The normalized spacial score (nSPS) is 26.4. The molecule has 2 fully saturated rings. The molecule has 4 heterocycles. The highest BCUT2D eigenvalue weighted by molar-refractivity contribution is 7.91. The van der Waals surface area contributed by atoms with Gasteiger partial charge in [0.15, 0.2) is 15.7 Å². The van der Waals surface area contributed by atoms with E-state index in [0.29, 0.717) is 18.8 Å². The Kier molecular flexibility index (Phi) is 5.06. The minimum atomic E-state index is -2.86. The standard InChI is InChI=1S/C20H31N3O4S/c1-20(2,3)19-21-16-12-23(10-6-17(16)27-19)18(24)14-4-8-22(9-5-14)15-7-11-28(25,26)13-15/h14-15H,4-13H2,1-3H3. The van der Waals surface area contributed by atoms with Crippen molar-refractivity contribution in [1.29, 1.82) is 0 Å². The summed E-state index contributed by atoms with van der Waals surface area (Å²) in [5, 5.41) is 0. The van der Waals surface area contributed by atoms with Gasteiger partial charge in [-0.2, -0.15) is 0 Å². The fourth-order valence-electron chi connectivity index (χ4n) is 4.54. The van der Waals surface area contributed by atoms with E-state index in [-0.39, 0.29) is 29.0 Å². The average molecular weight is 410 g/mol. The molecule has 156 valence electrons. The molecule has 0 spiro atoms. The Hall–Kier alpha value is -1.41. The zero-order valence-electron chi connectivity index (χ0n) is 17.1. The van der Waals surface area contributed by atoms with Crippen LogP contribution in [-0.4, -0.2) is 66.3 Å². The maximum Gasteiger partial charge on any atom is 0.226 e. The van der Waals surface area contributed by atoms with Gasteiger partial charge in [-0.3, -0.25) is 9.69 Å². The minimum Gasteiger partial charge on any atom is -0.445 e. The number of fused-ring (bicyclic) bond motifs is 1. The van der Waals surface area contributed by atoms with Crippen LogP contribution >= 0.6 is 0 Å². The number of carbonyl (C=O) groups is 1. The highest BCUT2D eigenvalue weighted by Crippen LogP contribution is 2.30. The van der Waals surface area contributed by atoms with Crippen LogP contribution < -0.4 is 0 Å². The first kappa shape index (κ1) is 19.9. The minimum absolute atomic E-state index is 0.0322. The Bertz CT molecular complexity index is 847. The average Bonchev–Trinajstić information content (AvgIpc) is 3.23. The van der Waals surface area contributed by atoms with Gasteiger partial charge in [-0.05, 0) is 32.4 Å². The summed E-state index contributed by atoms with van der Waals surface area (Å²) in [5.41, 5.74) is 0.769. The number of hydrogen-bond acceptors (Lipinski definition) is 6. The van der Waals surface area contributed by atoms with Gasteiger partial charge >= 0.3 is 0 Å². The second kappa shape index (κ2) is 7.13. The van der Waals surface area contributed by atoms with Gasteiger partial charge in [0.1, 0.15) is 11.5 Å². The molecule has 0 bridgehead atoms. The molecule has 0 N–H and O–H groups in total. The third-order valence-corrected chi connectivity index (χ3v) is 8.03. The summed E-state index contributed by atoms with van der Waals surface area (Å²) in [7, 11) is -2.86. The zero-order chi connectivity index (χ0) is 20.1. The van der Waals surface area contributed by atoms with Gasteiger partial charge in [-0.1, -0.05) is 20.8 Å². The Balaban J connectivity index is 1.34. The van der Waals surface area contributed by atoms with Crippen LogP contribution in [0.3, 0.4) is 0 Å². The predicted molar refractivity (Wildman–Crippen MR) is 106 cm³/mol. The summed E-state index contributed by atoms with van der Waals surface area (Å²) in [6, 6.07) is 0.143. The molecule has 4 rings (SSSR count). The molecule has 28 heavy (non-hydrogen) atoms. The van der Waals surface area contributed by atoms with Crippen molar-refractivity contribution in [3.05, 3.63) is 17.3 Å². The molecule has 8 heteroatoms. The number of sulfone groups is 1. The van der Waals surface area contributed by atoms with Crippen molar-refractivity contribution in [3.63, 3.8) is 0 Å². The lowest BCUT2D eigenvalue weighted by Crippen LogP contribution is -2.47. The second-order valence-electron chi connectivity index (χ2n) is 9.52. The van der Waals surface area contributed by atoms with E-state index in [4.69, 9.17) is 4.42 Å². The van der Waals surface area contributed by atoms with Crippen molar-refractivity contribution in [1.82, 2.24) is 14.8 Å². The first-order valence-corrected chi connectivity index (χ1v) is 12.2. The van der Waals surface area contributed by atoms with Crippen LogP contribution in [0.5, 0.6) is 0 Å². The molecule has 0 saturated carbocycles. The Labute approximate surface area is 167 Å². The number of piperidine rings is 1. The lowest BCUT2D eigenvalue weighted by Gasteiger charge is -2.37. The van der Waals surface area contributed by atoms with E-state index < -0.39 is 9.84 Å². The molecule has 0 radical (unpaired) electrons. The number of carbonyl (C=O) groups excluding carboxylic acids is 1. The molecule has 3 aliphatic rings. The SMILES string of the molecule is CC(C)(C)c1nc2c(o1)CCN(C(=O)C1CCN(C3CCS(=O)(=O)C3)CC1)C2. The Morgan fingerprint density at radius 2 is 1.86 bits per heavy atom. The molecule has 7 nitrogen and oxygen atoms in total. The summed E-state index contributed by atoms with van der Waals surface area (Å²) in [6.45, 7) is 9.09. The molecule has 1 amide bonds. The number of rotatable bonds is 2. The first-order chi connectivity index (χ1) is 13.1. The topological polar surface area (TPSA) is 83.7 Å². The molecule has 0 aliphatic carbocycles. The quantitative estimate of drug-likeness (QED) is 0.740. The van der Waals surface area contributed by atoms with Crippen LogP contribution in [0.15, 0.2) is 4.42 Å².